The second-order valence-corrected chi connectivity index (χ2v) is 16.2. The van der Waals surface area contributed by atoms with E-state index in [1.54, 1.807) is 0 Å². The molecule has 4 aromatic rings. The van der Waals surface area contributed by atoms with Crippen LogP contribution in [0.5, 0.6) is 0 Å². The molecule has 0 saturated carbocycles. The monoisotopic (exact) mass is 752 g/mol. The van der Waals surface area contributed by atoms with Crippen molar-refractivity contribution < 1.29 is 49.0 Å². The normalized spacial score (nSPS) is 15.4. The molecule has 0 amide bonds. The van der Waals surface area contributed by atoms with E-state index in [-0.39, 0.29) is 35.6 Å². The molecular formula is C45H52Cl2Zr-2. The van der Waals surface area contributed by atoms with Gasteiger partial charge in [0.15, 0.2) is 0 Å². The van der Waals surface area contributed by atoms with Crippen LogP contribution in [0.2, 0.25) is 0 Å². The summed E-state index contributed by atoms with van der Waals surface area (Å²) in [6.45, 7) is 25.0. The standard InChI is InChI=1S/C25H25.C13H21.C7H6.2ClH.Zr/c1-14-12-24(3,4)22-8-16-7-17-9-23-19(15(2)13-25(23,5)6)11-21(17)20(16)10-18(14)22;1-6-10-8-11(7-2)12(9-10)13(3,4)5;1-7-5-3-2-4-6-7;;;/h8-12H,7H2,1-6H3;8-9H,6-7H2,1-5H3;1-6H;2*1H;/q2*-1;;;;+2/p-2. The Bertz CT molecular complexity index is 1750. The van der Waals surface area contributed by atoms with Gasteiger partial charge in [-0.3, -0.25) is 6.08 Å². The Labute approximate surface area is 319 Å². The van der Waals surface area contributed by atoms with Crippen molar-refractivity contribution in [1.29, 1.82) is 0 Å². The quantitative estimate of drug-likeness (QED) is 0.209. The molecule has 0 heterocycles. The van der Waals surface area contributed by atoms with Gasteiger partial charge in [0.2, 0.25) is 0 Å². The van der Waals surface area contributed by atoms with Crippen molar-refractivity contribution in [2.45, 2.75) is 112 Å². The van der Waals surface area contributed by atoms with Gasteiger partial charge >= 0.3 is 63.8 Å². The maximum atomic E-state index is 3.65. The summed E-state index contributed by atoms with van der Waals surface area (Å²) in [4.78, 5) is 0. The molecule has 0 bridgehead atoms. The average Bonchev–Trinajstić information content (AvgIpc) is 3.72. The Hall–Kier alpha value is -2.18. The van der Waals surface area contributed by atoms with Gasteiger partial charge in [-0.1, -0.05) is 111 Å². The van der Waals surface area contributed by atoms with Crippen LogP contribution < -0.4 is 24.8 Å². The number of hydrogen-bond acceptors (Lipinski definition) is 0. The first-order valence-electron chi connectivity index (χ1n) is 17.1. The van der Waals surface area contributed by atoms with Crippen LogP contribution in [0.4, 0.5) is 0 Å². The van der Waals surface area contributed by atoms with Crippen LogP contribution in [0.15, 0.2) is 72.8 Å². The minimum atomic E-state index is 0. The summed E-state index contributed by atoms with van der Waals surface area (Å²) in [6, 6.07) is 24.9. The first kappa shape index (κ1) is 40.3. The van der Waals surface area contributed by atoms with Crippen molar-refractivity contribution in [3.8, 4) is 11.1 Å². The third kappa shape index (κ3) is 8.06. The van der Waals surface area contributed by atoms with Crippen LogP contribution in [-0.2, 0) is 59.7 Å². The molecule has 252 valence electrons. The maximum absolute atomic E-state index is 3.65. The summed E-state index contributed by atoms with van der Waals surface area (Å²) in [7, 11) is 0. The van der Waals surface area contributed by atoms with E-state index in [2.05, 4.69) is 153 Å². The molecule has 4 aromatic carbocycles. The number of allylic oxidation sites excluding steroid dienone is 4. The summed E-state index contributed by atoms with van der Waals surface area (Å²) in [5.74, 6) is 0. The first-order chi connectivity index (χ1) is 21.6. The summed E-state index contributed by atoms with van der Waals surface area (Å²) >= 11 is 1.46. The van der Waals surface area contributed by atoms with Crippen molar-refractivity contribution in [1.82, 2.24) is 0 Å². The zero-order chi connectivity index (χ0) is 33.6. The molecule has 3 aliphatic rings. The molecule has 0 fully saturated rings. The Morgan fingerprint density at radius 1 is 0.792 bits per heavy atom. The predicted molar refractivity (Wildman–Crippen MR) is 198 cm³/mol. The fourth-order valence-corrected chi connectivity index (χ4v) is 8.11. The molecule has 0 saturated heterocycles. The Morgan fingerprint density at radius 2 is 1.38 bits per heavy atom. The first-order valence-corrected chi connectivity index (χ1v) is 18.5. The molecule has 0 radical (unpaired) electrons. The van der Waals surface area contributed by atoms with E-state index in [0.717, 1.165) is 19.3 Å². The fourth-order valence-electron chi connectivity index (χ4n) is 7.64. The third-order valence-electron chi connectivity index (χ3n) is 10.0. The molecule has 0 unspecified atom stereocenters. The molecule has 48 heavy (non-hydrogen) atoms. The van der Waals surface area contributed by atoms with E-state index in [9.17, 15) is 0 Å². The van der Waals surface area contributed by atoms with Crippen molar-refractivity contribution in [2.24, 2.45) is 0 Å². The van der Waals surface area contributed by atoms with Gasteiger partial charge in [0, 0.05) is 5.41 Å². The number of aryl methyl sites for hydroxylation is 2. The molecule has 3 heteroatoms. The van der Waals surface area contributed by atoms with Gasteiger partial charge in [-0.2, -0.15) is 28.3 Å². The number of halogens is 2. The summed E-state index contributed by atoms with van der Waals surface area (Å²) in [5, 5.41) is 0. The van der Waals surface area contributed by atoms with E-state index in [1.807, 2.05) is 6.07 Å². The average molecular weight is 755 g/mol. The van der Waals surface area contributed by atoms with Crippen LogP contribution >= 0.6 is 0 Å². The minimum absolute atomic E-state index is 0. The SMILES string of the molecule is CC1=[C-]C(C)(C)c2cc3c(cc21)-c1cc2c(cc1C3)C(C)(C)C=C2C.CCc1cc(C(C)(C)C)c(CC)[cH-]1.[Cl-].[Cl-].[Zr+2]=[CH]c1ccccc1. The van der Waals surface area contributed by atoms with Crippen molar-refractivity contribution >= 4 is 14.9 Å². The molecule has 0 aliphatic heterocycles. The van der Waals surface area contributed by atoms with Crippen LogP contribution in [0.25, 0.3) is 22.3 Å². The van der Waals surface area contributed by atoms with Gasteiger partial charge in [-0.15, -0.1) is 11.6 Å². The van der Waals surface area contributed by atoms with Gasteiger partial charge in [0.05, 0.1) is 0 Å². The van der Waals surface area contributed by atoms with Gasteiger partial charge < -0.3 is 24.8 Å². The van der Waals surface area contributed by atoms with Crippen molar-refractivity contribution in [3.05, 3.63) is 135 Å². The van der Waals surface area contributed by atoms with E-state index in [4.69, 9.17) is 0 Å². The summed E-state index contributed by atoms with van der Waals surface area (Å²) in [5.41, 5.74) is 20.7. The molecule has 0 aromatic heterocycles. The molecule has 0 spiro atoms. The number of hydrogen-bond donors (Lipinski definition) is 0. The van der Waals surface area contributed by atoms with Crippen molar-refractivity contribution in [3.63, 3.8) is 0 Å². The molecule has 0 atom stereocenters. The van der Waals surface area contributed by atoms with Crippen LogP contribution in [0.3, 0.4) is 0 Å². The Morgan fingerprint density at radius 3 is 1.88 bits per heavy atom. The summed E-state index contributed by atoms with van der Waals surface area (Å²) < 4.78 is 2.17. The second kappa shape index (κ2) is 15.4. The van der Waals surface area contributed by atoms with Crippen LogP contribution in [-0.4, -0.2) is 3.71 Å². The third-order valence-corrected chi connectivity index (χ3v) is 10.8. The number of fused-ring (bicyclic) bond motifs is 5. The fraction of sp³-hybridized carbons (Fsp3) is 0.378. The van der Waals surface area contributed by atoms with Crippen molar-refractivity contribution in [2.75, 3.05) is 0 Å². The van der Waals surface area contributed by atoms with Gasteiger partial charge in [0.1, 0.15) is 0 Å². The Kier molecular flexibility index (Phi) is 12.9. The number of benzene rings is 3. The van der Waals surface area contributed by atoms with Crippen LogP contribution in [0.1, 0.15) is 132 Å². The second-order valence-electron chi connectivity index (χ2n) is 15.5. The molecular weight excluding hydrogens is 703 g/mol. The Balaban J connectivity index is 0.000000229. The molecule has 7 rings (SSSR count). The molecule has 3 aliphatic carbocycles. The van der Waals surface area contributed by atoms with Gasteiger partial charge in [0.25, 0.3) is 0 Å². The number of rotatable bonds is 3. The summed E-state index contributed by atoms with van der Waals surface area (Å²) in [6.07, 6.45) is 9.45. The van der Waals surface area contributed by atoms with Crippen LogP contribution in [0, 0.1) is 6.08 Å². The van der Waals surface area contributed by atoms with Gasteiger partial charge in [-0.05, 0) is 58.4 Å². The van der Waals surface area contributed by atoms with Gasteiger partial charge in [-0.25, -0.2) is 11.6 Å². The topological polar surface area (TPSA) is 0 Å². The van der Waals surface area contributed by atoms with E-state index in [1.165, 1.54) is 102 Å². The zero-order valence-corrected chi connectivity index (χ0v) is 34.9. The predicted octanol–water partition coefficient (Wildman–Crippen LogP) is 5.67. The zero-order valence-electron chi connectivity index (χ0n) is 30.9. The molecule has 0 nitrogen and oxygen atoms in total. The van der Waals surface area contributed by atoms with E-state index in [0.29, 0.717) is 5.41 Å². The molecule has 0 N–H and O–H groups in total. The van der Waals surface area contributed by atoms with E-state index < -0.39 is 0 Å². The van der Waals surface area contributed by atoms with E-state index >= 15 is 0 Å².